The smallest absolute Gasteiger partial charge is 0.375 e. The maximum absolute atomic E-state index is 13.7. The number of amides is 3. The van der Waals surface area contributed by atoms with E-state index in [1.807, 2.05) is 17.5 Å². The monoisotopic (exact) mass is 404 g/mol. The fraction of sp³-hybridized carbons (Fsp3) is 0.211. The van der Waals surface area contributed by atoms with E-state index in [-0.39, 0.29) is 11.3 Å². The van der Waals surface area contributed by atoms with Crippen LogP contribution in [0.25, 0.3) is 11.0 Å². The van der Waals surface area contributed by atoms with E-state index in [0.29, 0.717) is 23.9 Å². The van der Waals surface area contributed by atoms with Crippen LogP contribution in [0.2, 0.25) is 0 Å². The van der Waals surface area contributed by atoms with E-state index in [1.165, 1.54) is 12.1 Å². The molecule has 2 N–H and O–H groups in total. The molecule has 0 unspecified atom stereocenters. The molecular weight excluding hydrogens is 387 g/mol. The minimum absolute atomic E-state index is 0.0541. The van der Waals surface area contributed by atoms with Crippen molar-refractivity contribution >= 4 is 40.2 Å². The minimum atomic E-state index is -0.915. The number of thiophene rings is 1. The molecule has 0 saturated heterocycles. The van der Waals surface area contributed by atoms with Crippen molar-refractivity contribution in [3.8, 4) is 0 Å². The number of urea groups is 1. The number of benzene rings is 1. The van der Waals surface area contributed by atoms with Crippen LogP contribution in [0, 0.1) is 12.7 Å². The maximum atomic E-state index is 13.7. The fourth-order valence-electron chi connectivity index (χ4n) is 2.56. The van der Waals surface area contributed by atoms with Crippen LogP contribution < -0.4 is 10.6 Å². The van der Waals surface area contributed by atoms with Crippen molar-refractivity contribution in [2.75, 3.05) is 13.2 Å². The second-order valence-electron chi connectivity index (χ2n) is 5.88. The third-order valence-electron chi connectivity index (χ3n) is 3.93. The molecule has 3 amide bonds. The van der Waals surface area contributed by atoms with E-state index < -0.39 is 30.3 Å². The number of nitrogens with one attached hydrogen (secondary N) is 2. The van der Waals surface area contributed by atoms with Crippen LogP contribution in [0.3, 0.4) is 0 Å². The molecule has 0 saturated carbocycles. The van der Waals surface area contributed by atoms with Crippen LogP contribution in [0.4, 0.5) is 9.18 Å². The molecule has 2 heterocycles. The van der Waals surface area contributed by atoms with E-state index in [9.17, 15) is 18.8 Å². The number of halogens is 1. The molecule has 7 nitrogen and oxygen atoms in total. The molecule has 0 aliphatic rings. The zero-order valence-electron chi connectivity index (χ0n) is 14.9. The molecule has 3 rings (SSSR count). The number of aryl methyl sites for hydroxylation is 1. The average molecular weight is 404 g/mol. The quantitative estimate of drug-likeness (QED) is 0.615. The number of para-hydroxylation sites is 1. The Hall–Kier alpha value is -3.20. The van der Waals surface area contributed by atoms with Crippen molar-refractivity contribution in [2.24, 2.45) is 0 Å². The highest BCUT2D eigenvalue weighted by Gasteiger charge is 2.21. The molecule has 3 aromatic rings. The summed E-state index contributed by atoms with van der Waals surface area (Å²) in [7, 11) is 0. The summed E-state index contributed by atoms with van der Waals surface area (Å²) in [5.74, 6) is -2.49. The summed E-state index contributed by atoms with van der Waals surface area (Å²) in [4.78, 5) is 36.7. The summed E-state index contributed by atoms with van der Waals surface area (Å²) in [6.45, 7) is 1.28. The second kappa shape index (κ2) is 8.66. The van der Waals surface area contributed by atoms with Gasteiger partial charge in [0.25, 0.3) is 5.91 Å². The number of ether oxygens (including phenoxy) is 1. The lowest BCUT2D eigenvalue weighted by Crippen LogP contribution is -2.42. The lowest BCUT2D eigenvalue weighted by molar-refractivity contribution is -0.123. The predicted molar refractivity (Wildman–Crippen MR) is 101 cm³/mol. The summed E-state index contributed by atoms with van der Waals surface area (Å²) in [6, 6.07) is 7.50. The zero-order chi connectivity index (χ0) is 20.1. The molecule has 0 aliphatic heterocycles. The largest absolute Gasteiger partial charge is 0.450 e. The van der Waals surface area contributed by atoms with Crippen LogP contribution in [0.5, 0.6) is 0 Å². The topological polar surface area (TPSA) is 97.6 Å². The third-order valence-corrected chi connectivity index (χ3v) is 4.86. The third kappa shape index (κ3) is 4.55. The summed E-state index contributed by atoms with van der Waals surface area (Å²) in [5, 5.41) is 6.98. The van der Waals surface area contributed by atoms with Gasteiger partial charge in [-0.2, -0.15) is 0 Å². The summed E-state index contributed by atoms with van der Waals surface area (Å²) < 4.78 is 23.8. The number of esters is 1. The number of rotatable bonds is 6. The Morgan fingerprint density at radius 3 is 2.75 bits per heavy atom. The maximum Gasteiger partial charge on any atom is 0.375 e. The number of carbonyl (C=O) groups excluding carboxylic acids is 3. The van der Waals surface area contributed by atoms with E-state index in [2.05, 4.69) is 10.6 Å². The molecule has 0 radical (unpaired) electrons. The van der Waals surface area contributed by atoms with Gasteiger partial charge in [-0.1, -0.05) is 18.2 Å². The van der Waals surface area contributed by atoms with Gasteiger partial charge in [-0.05, 0) is 30.9 Å². The van der Waals surface area contributed by atoms with E-state index in [4.69, 9.17) is 9.15 Å². The first-order valence-corrected chi connectivity index (χ1v) is 9.28. The van der Waals surface area contributed by atoms with Gasteiger partial charge in [0.1, 0.15) is 0 Å². The van der Waals surface area contributed by atoms with Crippen LogP contribution in [-0.4, -0.2) is 31.1 Å². The number of hydrogen-bond donors (Lipinski definition) is 2. The van der Waals surface area contributed by atoms with Gasteiger partial charge in [-0.3, -0.25) is 10.1 Å². The molecule has 0 aliphatic carbocycles. The number of imide groups is 1. The summed E-state index contributed by atoms with van der Waals surface area (Å²) >= 11 is 1.57. The lowest BCUT2D eigenvalue weighted by Gasteiger charge is -2.06. The number of hydrogen-bond acceptors (Lipinski definition) is 6. The first kappa shape index (κ1) is 19.6. The summed E-state index contributed by atoms with van der Waals surface area (Å²) in [5.41, 5.74) is 0.354. The highest BCUT2D eigenvalue weighted by atomic mass is 32.1. The number of carbonyl (C=O) groups is 3. The van der Waals surface area contributed by atoms with Gasteiger partial charge in [-0.25, -0.2) is 14.0 Å². The molecule has 146 valence electrons. The van der Waals surface area contributed by atoms with Crippen LogP contribution in [0.1, 0.15) is 21.0 Å². The average Bonchev–Trinajstić information content (AvgIpc) is 3.29. The highest BCUT2D eigenvalue weighted by Crippen LogP contribution is 2.27. The Morgan fingerprint density at radius 2 is 2.04 bits per heavy atom. The van der Waals surface area contributed by atoms with Gasteiger partial charge < -0.3 is 14.5 Å². The SMILES string of the molecule is Cc1c(C(=O)OCC(=O)NC(=O)NCCc2cccs2)oc2c(F)cccc12. The van der Waals surface area contributed by atoms with Crippen molar-refractivity contribution in [1.82, 2.24) is 10.6 Å². The Morgan fingerprint density at radius 1 is 1.21 bits per heavy atom. The standard InChI is InChI=1S/C19H17FN2O5S/c1-11-13-5-2-6-14(20)17(13)27-16(11)18(24)26-10-15(23)22-19(25)21-8-7-12-4-3-9-28-12/h2-6,9H,7-8,10H2,1H3,(H2,21,22,23,25). The van der Waals surface area contributed by atoms with Crippen LogP contribution >= 0.6 is 11.3 Å². The van der Waals surface area contributed by atoms with E-state index >= 15 is 0 Å². The van der Waals surface area contributed by atoms with Gasteiger partial charge in [0.05, 0.1) is 0 Å². The minimum Gasteiger partial charge on any atom is -0.450 e. The Bertz CT molecular complexity index is 1010. The van der Waals surface area contributed by atoms with Gasteiger partial charge in [0.15, 0.2) is 18.0 Å². The van der Waals surface area contributed by atoms with Gasteiger partial charge in [0.2, 0.25) is 5.76 Å². The molecule has 0 bridgehead atoms. The predicted octanol–water partition coefficient (Wildman–Crippen LogP) is 3.17. The zero-order valence-corrected chi connectivity index (χ0v) is 15.7. The molecule has 0 atom stereocenters. The van der Waals surface area contributed by atoms with Crippen molar-refractivity contribution in [3.05, 3.63) is 57.7 Å². The molecular formula is C19H17FN2O5S. The van der Waals surface area contributed by atoms with Gasteiger partial charge >= 0.3 is 12.0 Å². The fourth-order valence-corrected chi connectivity index (χ4v) is 3.27. The summed E-state index contributed by atoms with van der Waals surface area (Å²) in [6.07, 6.45) is 0.649. The van der Waals surface area contributed by atoms with E-state index in [0.717, 1.165) is 4.88 Å². The number of furan rings is 1. The van der Waals surface area contributed by atoms with Gasteiger partial charge in [-0.15, -0.1) is 11.3 Å². The molecule has 28 heavy (non-hydrogen) atoms. The normalized spacial score (nSPS) is 10.6. The van der Waals surface area contributed by atoms with Gasteiger partial charge in [0, 0.05) is 22.4 Å². The lowest BCUT2D eigenvalue weighted by atomic mass is 10.1. The first-order valence-electron chi connectivity index (χ1n) is 8.40. The Labute approximate surface area is 163 Å². The van der Waals surface area contributed by atoms with Crippen molar-refractivity contribution in [3.63, 3.8) is 0 Å². The van der Waals surface area contributed by atoms with Crippen molar-refractivity contribution in [2.45, 2.75) is 13.3 Å². The molecule has 2 aromatic heterocycles. The first-order chi connectivity index (χ1) is 13.5. The second-order valence-corrected chi connectivity index (χ2v) is 6.91. The Balaban J connectivity index is 1.47. The van der Waals surface area contributed by atoms with Crippen molar-refractivity contribution < 1.29 is 27.9 Å². The molecule has 9 heteroatoms. The van der Waals surface area contributed by atoms with Crippen molar-refractivity contribution in [1.29, 1.82) is 0 Å². The molecule has 0 fully saturated rings. The highest BCUT2D eigenvalue weighted by molar-refractivity contribution is 7.09. The molecule has 1 aromatic carbocycles. The van der Waals surface area contributed by atoms with E-state index in [1.54, 1.807) is 24.3 Å². The number of fused-ring (bicyclic) bond motifs is 1. The molecule has 0 spiro atoms. The Kier molecular flexibility index (Phi) is 6.05. The van der Waals surface area contributed by atoms with Crippen LogP contribution in [-0.2, 0) is 16.0 Å². The van der Waals surface area contributed by atoms with Crippen LogP contribution in [0.15, 0.2) is 40.1 Å².